The molecule has 20 heavy (non-hydrogen) atoms. The van der Waals surface area contributed by atoms with Gasteiger partial charge in [0.15, 0.2) is 0 Å². The van der Waals surface area contributed by atoms with E-state index in [4.69, 9.17) is 11.6 Å². The van der Waals surface area contributed by atoms with Gasteiger partial charge in [0.25, 0.3) is 0 Å². The standard InChI is InChI=1S/C17H27ClN2/c1-14(2)11-20-13-17(7-4-3-5-8-17)10-15-6-9-19-12-16(15)18/h6,9,12,14,20H,3-5,7-8,10-11,13H2,1-2H3. The zero-order chi connectivity index (χ0) is 14.4. The van der Waals surface area contributed by atoms with Crippen LogP contribution in [0.1, 0.15) is 51.5 Å². The highest BCUT2D eigenvalue weighted by Gasteiger charge is 2.32. The molecule has 1 aliphatic rings. The lowest BCUT2D eigenvalue weighted by atomic mass is 9.70. The topological polar surface area (TPSA) is 24.9 Å². The molecule has 0 aromatic carbocycles. The number of aromatic nitrogens is 1. The van der Waals surface area contributed by atoms with Gasteiger partial charge in [0.1, 0.15) is 0 Å². The largest absolute Gasteiger partial charge is 0.316 e. The maximum absolute atomic E-state index is 6.31. The second kappa shape index (κ2) is 7.42. The molecule has 0 aliphatic heterocycles. The van der Waals surface area contributed by atoms with Gasteiger partial charge >= 0.3 is 0 Å². The lowest BCUT2D eigenvalue weighted by Gasteiger charge is -2.38. The summed E-state index contributed by atoms with van der Waals surface area (Å²) in [5.74, 6) is 0.708. The first kappa shape index (κ1) is 15.8. The predicted molar refractivity (Wildman–Crippen MR) is 86.2 cm³/mol. The van der Waals surface area contributed by atoms with Gasteiger partial charge in [-0.25, -0.2) is 0 Å². The molecule has 1 aromatic rings. The van der Waals surface area contributed by atoms with E-state index in [1.807, 2.05) is 6.20 Å². The Labute approximate surface area is 128 Å². The van der Waals surface area contributed by atoms with Gasteiger partial charge in [-0.2, -0.15) is 0 Å². The zero-order valence-electron chi connectivity index (χ0n) is 12.8. The fourth-order valence-corrected chi connectivity index (χ4v) is 3.48. The van der Waals surface area contributed by atoms with Gasteiger partial charge in [0.2, 0.25) is 0 Å². The van der Waals surface area contributed by atoms with Crippen molar-refractivity contribution in [2.75, 3.05) is 13.1 Å². The van der Waals surface area contributed by atoms with Gasteiger partial charge in [-0.3, -0.25) is 4.98 Å². The molecule has 1 fully saturated rings. The molecule has 0 bridgehead atoms. The maximum atomic E-state index is 6.31. The second-order valence-electron chi connectivity index (χ2n) is 6.73. The van der Waals surface area contributed by atoms with Crippen LogP contribution in [0.5, 0.6) is 0 Å². The monoisotopic (exact) mass is 294 g/mol. The average molecular weight is 295 g/mol. The number of hydrogen-bond donors (Lipinski definition) is 1. The second-order valence-corrected chi connectivity index (χ2v) is 7.14. The molecule has 1 saturated carbocycles. The minimum atomic E-state index is 0.387. The van der Waals surface area contributed by atoms with E-state index in [0.717, 1.165) is 24.5 Å². The third-order valence-electron chi connectivity index (χ3n) is 4.39. The van der Waals surface area contributed by atoms with Crippen molar-refractivity contribution in [2.24, 2.45) is 11.3 Å². The van der Waals surface area contributed by atoms with Crippen LogP contribution >= 0.6 is 11.6 Å². The molecule has 0 radical (unpaired) electrons. The van der Waals surface area contributed by atoms with Crippen molar-refractivity contribution in [1.82, 2.24) is 10.3 Å². The molecule has 1 N–H and O–H groups in total. The van der Waals surface area contributed by atoms with Gasteiger partial charge in [0.05, 0.1) is 5.02 Å². The van der Waals surface area contributed by atoms with Crippen LogP contribution in [0.15, 0.2) is 18.5 Å². The van der Waals surface area contributed by atoms with Crippen molar-refractivity contribution < 1.29 is 0 Å². The summed E-state index contributed by atoms with van der Waals surface area (Å²) in [6.45, 7) is 6.75. The Morgan fingerprint density at radius 2 is 2.05 bits per heavy atom. The van der Waals surface area contributed by atoms with Crippen LogP contribution < -0.4 is 5.32 Å². The molecule has 0 atom stereocenters. The van der Waals surface area contributed by atoms with E-state index in [2.05, 4.69) is 30.2 Å². The molecule has 112 valence electrons. The van der Waals surface area contributed by atoms with Crippen LogP contribution in [0.25, 0.3) is 0 Å². The molecule has 0 spiro atoms. The van der Waals surface area contributed by atoms with Gasteiger partial charge in [-0.05, 0) is 48.8 Å². The molecule has 2 nitrogen and oxygen atoms in total. The number of pyridine rings is 1. The smallest absolute Gasteiger partial charge is 0.0621 e. The first-order valence-corrected chi connectivity index (χ1v) is 8.28. The third kappa shape index (κ3) is 4.46. The first-order valence-electron chi connectivity index (χ1n) is 7.90. The third-order valence-corrected chi connectivity index (χ3v) is 4.73. The molecule has 0 unspecified atom stereocenters. The minimum absolute atomic E-state index is 0.387. The number of nitrogens with one attached hydrogen (secondary N) is 1. The Bertz CT molecular complexity index is 411. The number of halogens is 1. The molecule has 0 saturated heterocycles. The fourth-order valence-electron chi connectivity index (χ4n) is 3.30. The molecule has 3 heteroatoms. The van der Waals surface area contributed by atoms with Crippen molar-refractivity contribution in [1.29, 1.82) is 0 Å². The van der Waals surface area contributed by atoms with Gasteiger partial charge in [-0.1, -0.05) is 44.7 Å². The Morgan fingerprint density at radius 3 is 2.70 bits per heavy atom. The number of nitrogens with zero attached hydrogens (tertiary/aromatic N) is 1. The lowest BCUT2D eigenvalue weighted by molar-refractivity contribution is 0.179. The summed E-state index contributed by atoms with van der Waals surface area (Å²) in [7, 11) is 0. The zero-order valence-corrected chi connectivity index (χ0v) is 13.5. The van der Waals surface area contributed by atoms with E-state index < -0.39 is 0 Å². The predicted octanol–water partition coefficient (Wildman–Crippen LogP) is 4.47. The van der Waals surface area contributed by atoms with Crippen LogP contribution in [-0.4, -0.2) is 18.1 Å². The van der Waals surface area contributed by atoms with Crippen molar-refractivity contribution in [3.8, 4) is 0 Å². The highest BCUT2D eigenvalue weighted by molar-refractivity contribution is 6.31. The quantitative estimate of drug-likeness (QED) is 0.837. The van der Waals surface area contributed by atoms with Crippen LogP contribution in [0, 0.1) is 11.3 Å². The Morgan fingerprint density at radius 1 is 1.30 bits per heavy atom. The van der Waals surface area contributed by atoms with E-state index >= 15 is 0 Å². The van der Waals surface area contributed by atoms with Crippen molar-refractivity contribution in [2.45, 2.75) is 52.4 Å². The highest BCUT2D eigenvalue weighted by atomic mass is 35.5. The fraction of sp³-hybridized carbons (Fsp3) is 0.706. The first-order chi connectivity index (χ1) is 9.61. The Hall–Kier alpha value is -0.600. The SMILES string of the molecule is CC(C)CNCC1(Cc2ccncc2Cl)CCCCC1. The minimum Gasteiger partial charge on any atom is -0.316 e. The molecule has 2 rings (SSSR count). The van der Waals surface area contributed by atoms with E-state index in [-0.39, 0.29) is 0 Å². The average Bonchev–Trinajstić information content (AvgIpc) is 2.42. The molecule has 1 heterocycles. The van der Waals surface area contributed by atoms with Crippen LogP contribution in [0.2, 0.25) is 5.02 Å². The van der Waals surface area contributed by atoms with Crippen LogP contribution in [0.4, 0.5) is 0 Å². The summed E-state index contributed by atoms with van der Waals surface area (Å²) < 4.78 is 0. The molecule has 1 aliphatic carbocycles. The van der Waals surface area contributed by atoms with Gasteiger partial charge in [0, 0.05) is 18.9 Å². The number of hydrogen-bond acceptors (Lipinski definition) is 2. The van der Waals surface area contributed by atoms with E-state index in [1.54, 1.807) is 6.20 Å². The van der Waals surface area contributed by atoms with Crippen LogP contribution in [-0.2, 0) is 6.42 Å². The van der Waals surface area contributed by atoms with Crippen molar-refractivity contribution >= 4 is 11.6 Å². The van der Waals surface area contributed by atoms with Gasteiger partial charge < -0.3 is 5.32 Å². The number of rotatable bonds is 6. The Balaban J connectivity index is 2.04. The molecular weight excluding hydrogens is 268 g/mol. The van der Waals surface area contributed by atoms with Crippen molar-refractivity contribution in [3.05, 3.63) is 29.0 Å². The highest BCUT2D eigenvalue weighted by Crippen LogP contribution is 2.39. The Kier molecular flexibility index (Phi) is 5.86. The van der Waals surface area contributed by atoms with E-state index in [9.17, 15) is 0 Å². The summed E-state index contributed by atoms with van der Waals surface area (Å²) in [5.41, 5.74) is 1.65. The summed E-state index contributed by atoms with van der Waals surface area (Å²) in [6, 6.07) is 2.08. The van der Waals surface area contributed by atoms with Gasteiger partial charge in [-0.15, -0.1) is 0 Å². The summed E-state index contributed by atoms with van der Waals surface area (Å²) >= 11 is 6.31. The maximum Gasteiger partial charge on any atom is 0.0621 e. The van der Waals surface area contributed by atoms with E-state index in [0.29, 0.717) is 11.3 Å². The normalized spacial score (nSPS) is 18.4. The summed E-state index contributed by atoms with van der Waals surface area (Å²) in [6.07, 6.45) is 11.4. The van der Waals surface area contributed by atoms with Crippen molar-refractivity contribution in [3.63, 3.8) is 0 Å². The summed E-state index contributed by atoms with van der Waals surface area (Å²) in [4.78, 5) is 4.10. The lowest BCUT2D eigenvalue weighted by Crippen LogP contribution is -2.39. The van der Waals surface area contributed by atoms with Crippen LogP contribution in [0.3, 0.4) is 0 Å². The molecule has 0 amide bonds. The van der Waals surface area contributed by atoms with E-state index in [1.165, 1.54) is 37.7 Å². The molecular formula is C17H27ClN2. The molecule has 1 aromatic heterocycles. The summed E-state index contributed by atoms with van der Waals surface area (Å²) in [5, 5.41) is 4.50.